The predicted molar refractivity (Wildman–Crippen MR) is 147 cm³/mol. The zero-order valence-electron chi connectivity index (χ0n) is 21.8. The Hall–Kier alpha value is -4.13. The fraction of sp³-hybridized carbons (Fsp3) is 0.323. The van der Waals surface area contributed by atoms with E-state index in [2.05, 4.69) is 15.6 Å². The van der Waals surface area contributed by atoms with Crippen LogP contribution in [0.3, 0.4) is 0 Å². The van der Waals surface area contributed by atoms with Gasteiger partial charge in [0.1, 0.15) is 11.5 Å². The van der Waals surface area contributed by atoms with E-state index in [1.165, 1.54) is 0 Å². The van der Waals surface area contributed by atoms with Crippen molar-refractivity contribution in [1.29, 1.82) is 0 Å². The molecular formula is C31H33N3O4. The predicted octanol–water partition coefficient (Wildman–Crippen LogP) is 5.71. The summed E-state index contributed by atoms with van der Waals surface area (Å²) >= 11 is 0. The van der Waals surface area contributed by atoms with E-state index in [1.54, 1.807) is 12.1 Å². The maximum atomic E-state index is 12.5. The number of nitrogens with zero attached hydrogens (tertiary/aromatic N) is 1. The SMILES string of the molecule is Cc1nc([C@H]2CC[C@@H](Oc3ccc(C(=O)NCCNC(=O)c4ccc5ccccc5c4)cc3)CC2)oc1C. The van der Waals surface area contributed by atoms with Crippen LogP contribution in [0.15, 0.2) is 71.1 Å². The van der Waals surface area contributed by atoms with Crippen molar-refractivity contribution < 1.29 is 18.7 Å². The molecule has 2 amide bonds. The van der Waals surface area contributed by atoms with E-state index in [-0.39, 0.29) is 17.9 Å². The van der Waals surface area contributed by atoms with Crippen LogP contribution in [0.25, 0.3) is 10.8 Å². The molecule has 0 unspecified atom stereocenters. The van der Waals surface area contributed by atoms with Gasteiger partial charge in [-0.05, 0) is 86.7 Å². The van der Waals surface area contributed by atoms with Gasteiger partial charge in [0.2, 0.25) is 0 Å². The van der Waals surface area contributed by atoms with Crippen LogP contribution < -0.4 is 15.4 Å². The molecule has 0 atom stereocenters. The summed E-state index contributed by atoms with van der Waals surface area (Å²) in [4.78, 5) is 29.5. The van der Waals surface area contributed by atoms with Gasteiger partial charge in [0.15, 0.2) is 5.89 Å². The zero-order valence-corrected chi connectivity index (χ0v) is 21.8. The number of fused-ring (bicyclic) bond motifs is 1. The van der Waals surface area contributed by atoms with Gasteiger partial charge in [0, 0.05) is 30.1 Å². The number of hydrogen-bond donors (Lipinski definition) is 2. The fourth-order valence-corrected chi connectivity index (χ4v) is 4.86. The first kappa shape index (κ1) is 25.5. The summed E-state index contributed by atoms with van der Waals surface area (Å²) in [5.74, 6) is 2.51. The lowest BCUT2D eigenvalue weighted by molar-refractivity contribution is 0.0927. The summed E-state index contributed by atoms with van der Waals surface area (Å²) in [5, 5.41) is 7.82. The smallest absolute Gasteiger partial charge is 0.251 e. The van der Waals surface area contributed by atoms with E-state index in [0.29, 0.717) is 30.1 Å². The Bertz CT molecular complexity index is 1400. The van der Waals surface area contributed by atoms with Gasteiger partial charge in [-0.15, -0.1) is 0 Å². The highest BCUT2D eigenvalue weighted by Crippen LogP contribution is 2.34. The van der Waals surface area contributed by atoms with E-state index < -0.39 is 0 Å². The summed E-state index contributed by atoms with van der Waals surface area (Å²) in [6.45, 7) is 4.61. The standard InChI is InChI=1S/C31H33N3O4/c1-20-21(2)37-31(34-20)24-11-15-28(16-12-24)38-27-13-9-23(10-14-27)29(35)32-17-18-33-30(36)26-8-7-22-5-3-4-6-25(22)19-26/h3-10,13-14,19,24,28H,11-12,15-18H2,1-2H3,(H,32,35)(H,33,36)/t24-,28+. The Labute approximate surface area is 222 Å². The third kappa shape index (κ3) is 6.05. The number of aryl methyl sites for hydroxylation is 2. The average molecular weight is 512 g/mol. The number of ether oxygens (including phenoxy) is 1. The lowest BCUT2D eigenvalue weighted by atomic mass is 9.87. The Kier molecular flexibility index (Phi) is 7.73. The van der Waals surface area contributed by atoms with E-state index in [0.717, 1.165) is 59.6 Å². The van der Waals surface area contributed by atoms with Gasteiger partial charge in [0.05, 0.1) is 11.8 Å². The summed E-state index contributed by atoms with van der Waals surface area (Å²) in [5.41, 5.74) is 2.12. The van der Waals surface area contributed by atoms with Crippen LogP contribution in [0.4, 0.5) is 0 Å². The van der Waals surface area contributed by atoms with E-state index in [9.17, 15) is 9.59 Å². The lowest BCUT2D eigenvalue weighted by Gasteiger charge is -2.27. The van der Waals surface area contributed by atoms with Crippen molar-refractivity contribution in [2.75, 3.05) is 13.1 Å². The Morgan fingerprint density at radius 1 is 0.842 bits per heavy atom. The van der Waals surface area contributed by atoms with Gasteiger partial charge in [-0.2, -0.15) is 0 Å². The molecule has 0 aliphatic heterocycles. The van der Waals surface area contributed by atoms with Gasteiger partial charge in [-0.3, -0.25) is 9.59 Å². The van der Waals surface area contributed by atoms with E-state index in [4.69, 9.17) is 9.15 Å². The molecular weight excluding hydrogens is 478 g/mol. The summed E-state index contributed by atoms with van der Waals surface area (Å²) < 4.78 is 12.0. The number of carbonyl (C=O) groups is 2. The third-order valence-electron chi connectivity index (χ3n) is 7.20. The molecule has 7 heteroatoms. The second kappa shape index (κ2) is 11.5. The van der Waals surface area contributed by atoms with Gasteiger partial charge in [-0.25, -0.2) is 4.98 Å². The van der Waals surface area contributed by atoms with E-state index >= 15 is 0 Å². The largest absolute Gasteiger partial charge is 0.490 e. The van der Waals surface area contributed by atoms with Crippen molar-refractivity contribution in [3.8, 4) is 5.75 Å². The molecule has 0 radical (unpaired) electrons. The molecule has 1 saturated carbocycles. The first-order valence-corrected chi connectivity index (χ1v) is 13.2. The molecule has 196 valence electrons. The summed E-state index contributed by atoms with van der Waals surface area (Å²) in [6.07, 6.45) is 4.01. The number of amides is 2. The Morgan fingerprint density at radius 3 is 2.13 bits per heavy atom. The second-order valence-electron chi connectivity index (χ2n) is 9.88. The molecule has 5 rings (SSSR count). The van der Waals surface area contributed by atoms with Crippen molar-refractivity contribution in [3.05, 3.63) is 95.2 Å². The number of oxazole rings is 1. The topological polar surface area (TPSA) is 93.5 Å². The maximum absolute atomic E-state index is 12.5. The summed E-state index contributed by atoms with van der Waals surface area (Å²) in [6, 6.07) is 20.7. The molecule has 0 bridgehead atoms. The van der Waals surface area contributed by atoms with Crippen molar-refractivity contribution in [3.63, 3.8) is 0 Å². The van der Waals surface area contributed by atoms with Crippen LogP contribution in [-0.4, -0.2) is 36.0 Å². The highest BCUT2D eigenvalue weighted by molar-refractivity contribution is 5.98. The molecule has 1 heterocycles. The number of carbonyl (C=O) groups excluding carboxylic acids is 2. The van der Waals surface area contributed by atoms with Crippen molar-refractivity contribution in [2.45, 2.75) is 51.6 Å². The minimum absolute atomic E-state index is 0.147. The van der Waals surface area contributed by atoms with Crippen molar-refractivity contribution in [2.24, 2.45) is 0 Å². The first-order chi connectivity index (χ1) is 18.5. The maximum Gasteiger partial charge on any atom is 0.251 e. The summed E-state index contributed by atoms with van der Waals surface area (Å²) in [7, 11) is 0. The minimum atomic E-state index is -0.187. The lowest BCUT2D eigenvalue weighted by Crippen LogP contribution is -2.34. The van der Waals surface area contributed by atoms with Crippen LogP contribution in [0.5, 0.6) is 5.75 Å². The molecule has 1 aromatic heterocycles. The number of aromatic nitrogens is 1. The molecule has 3 aromatic carbocycles. The quantitative estimate of drug-likeness (QED) is 0.296. The molecule has 38 heavy (non-hydrogen) atoms. The van der Waals surface area contributed by atoms with Crippen LogP contribution in [-0.2, 0) is 0 Å². The highest BCUT2D eigenvalue weighted by Gasteiger charge is 2.27. The normalized spacial score (nSPS) is 17.2. The molecule has 2 N–H and O–H groups in total. The molecule has 0 saturated heterocycles. The molecule has 4 aromatic rings. The Balaban J connectivity index is 1.04. The van der Waals surface area contributed by atoms with Crippen LogP contribution >= 0.6 is 0 Å². The zero-order chi connectivity index (χ0) is 26.5. The molecule has 1 aliphatic carbocycles. The highest BCUT2D eigenvalue weighted by atomic mass is 16.5. The van der Waals surface area contributed by atoms with Crippen LogP contribution in [0.2, 0.25) is 0 Å². The van der Waals surface area contributed by atoms with Crippen LogP contribution in [0, 0.1) is 13.8 Å². The molecule has 0 spiro atoms. The van der Waals surface area contributed by atoms with Gasteiger partial charge >= 0.3 is 0 Å². The number of hydrogen-bond acceptors (Lipinski definition) is 5. The first-order valence-electron chi connectivity index (χ1n) is 13.2. The average Bonchev–Trinajstić information content (AvgIpc) is 3.29. The number of rotatable bonds is 8. The van der Waals surface area contributed by atoms with Crippen molar-refractivity contribution in [1.82, 2.24) is 15.6 Å². The van der Waals surface area contributed by atoms with E-state index in [1.807, 2.05) is 68.4 Å². The Morgan fingerprint density at radius 2 is 1.47 bits per heavy atom. The van der Waals surface area contributed by atoms with Crippen molar-refractivity contribution >= 4 is 22.6 Å². The van der Waals surface area contributed by atoms with Gasteiger partial charge in [-0.1, -0.05) is 30.3 Å². The molecule has 1 aliphatic rings. The molecule has 1 fully saturated rings. The van der Waals surface area contributed by atoms with Gasteiger partial charge < -0.3 is 19.8 Å². The minimum Gasteiger partial charge on any atom is -0.490 e. The third-order valence-corrected chi connectivity index (χ3v) is 7.20. The number of nitrogens with one attached hydrogen (secondary N) is 2. The molecule has 7 nitrogen and oxygen atoms in total. The fourth-order valence-electron chi connectivity index (χ4n) is 4.86. The monoisotopic (exact) mass is 511 g/mol. The van der Waals surface area contributed by atoms with Crippen LogP contribution in [0.1, 0.15) is 69.7 Å². The second-order valence-corrected chi connectivity index (χ2v) is 9.88. The number of benzene rings is 3. The van der Waals surface area contributed by atoms with Gasteiger partial charge in [0.25, 0.3) is 11.8 Å².